The topological polar surface area (TPSA) is 56.7 Å². The second-order valence-electron chi connectivity index (χ2n) is 2.46. The quantitative estimate of drug-likeness (QED) is 0.893. The molecule has 2 heterocycles. The highest BCUT2D eigenvalue weighted by Crippen LogP contribution is 2.19. The zero-order chi connectivity index (χ0) is 9.26. The molecule has 0 fully saturated rings. The van der Waals surface area contributed by atoms with Gasteiger partial charge >= 0.3 is 0 Å². The Kier molecular flexibility index (Phi) is 2.32. The van der Waals surface area contributed by atoms with Crippen molar-refractivity contribution >= 4 is 33.1 Å². The first-order chi connectivity index (χ1) is 6.27. The maximum atomic E-state index is 5.75. The van der Waals surface area contributed by atoms with Crippen molar-refractivity contribution in [2.45, 2.75) is 6.54 Å². The van der Waals surface area contributed by atoms with Crippen molar-refractivity contribution in [2.75, 3.05) is 5.73 Å². The molecule has 0 aliphatic heterocycles. The molecular weight excluding hydrogens is 252 g/mol. The third-order valence-electron chi connectivity index (χ3n) is 1.60. The Hall–Kier alpha value is -0.880. The largest absolute Gasteiger partial charge is 0.383 e. The number of nitrogens with zero attached hydrogens (tertiary/aromatic N) is 3. The van der Waals surface area contributed by atoms with Crippen LogP contribution in [0.1, 0.15) is 5.01 Å². The lowest BCUT2D eigenvalue weighted by molar-refractivity contribution is 0.693. The number of thiazole rings is 1. The van der Waals surface area contributed by atoms with E-state index in [1.54, 1.807) is 28.4 Å². The number of hydrogen-bond acceptors (Lipinski definition) is 4. The Labute approximate surface area is 87.5 Å². The van der Waals surface area contributed by atoms with Gasteiger partial charge in [-0.2, -0.15) is 5.10 Å². The highest BCUT2D eigenvalue weighted by atomic mass is 79.9. The number of aromatic nitrogens is 3. The molecule has 0 atom stereocenters. The fourth-order valence-corrected chi connectivity index (χ4v) is 1.85. The van der Waals surface area contributed by atoms with Crippen molar-refractivity contribution in [3.63, 3.8) is 0 Å². The summed E-state index contributed by atoms with van der Waals surface area (Å²) in [5.74, 6) is 0.634. The van der Waals surface area contributed by atoms with Gasteiger partial charge in [0.15, 0.2) is 0 Å². The molecule has 2 N–H and O–H groups in total. The van der Waals surface area contributed by atoms with Gasteiger partial charge in [0.1, 0.15) is 10.8 Å². The first-order valence-corrected chi connectivity index (χ1v) is 5.30. The average molecular weight is 259 g/mol. The van der Waals surface area contributed by atoms with Gasteiger partial charge in [-0.3, -0.25) is 0 Å². The Morgan fingerprint density at radius 3 is 3.00 bits per heavy atom. The predicted octanol–water partition coefficient (Wildman–Crippen LogP) is 1.73. The summed E-state index contributed by atoms with van der Waals surface area (Å²) < 4.78 is 2.53. The van der Waals surface area contributed by atoms with Gasteiger partial charge in [0.25, 0.3) is 0 Å². The summed E-state index contributed by atoms with van der Waals surface area (Å²) in [6.07, 6.45) is 3.46. The van der Waals surface area contributed by atoms with Crippen LogP contribution in [0.4, 0.5) is 5.82 Å². The number of hydrogen-bond donors (Lipinski definition) is 1. The number of halogens is 1. The normalized spacial score (nSPS) is 10.5. The van der Waals surface area contributed by atoms with Crippen molar-refractivity contribution < 1.29 is 0 Å². The molecule has 0 saturated carbocycles. The minimum Gasteiger partial charge on any atom is -0.383 e. The van der Waals surface area contributed by atoms with Crippen LogP contribution in [-0.4, -0.2) is 14.8 Å². The molecule has 4 nitrogen and oxygen atoms in total. The molecule has 0 aliphatic rings. The van der Waals surface area contributed by atoms with Gasteiger partial charge in [-0.15, -0.1) is 11.3 Å². The number of nitrogens with two attached hydrogens (primary N) is 1. The van der Waals surface area contributed by atoms with Crippen molar-refractivity contribution in [2.24, 2.45) is 0 Å². The summed E-state index contributed by atoms with van der Waals surface area (Å²) in [5, 5.41) is 7.04. The molecule has 6 heteroatoms. The van der Waals surface area contributed by atoms with Crippen LogP contribution < -0.4 is 5.73 Å². The second-order valence-corrected chi connectivity index (χ2v) is 4.29. The lowest BCUT2D eigenvalue weighted by atomic mass is 10.6. The zero-order valence-corrected chi connectivity index (χ0v) is 9.05. The first kappa shape index (κ1) is 8.71. The molecule has 0 bridgehead atoms. The summed E-state index contributed by atoms with van der Waals surface area (Å²) in [6, 6.07) is 0. The van der Waals surface area contributed by atoms with Crippen LogP contribution in [0.5, 0.6) is 0 Å². The van der Waals surface area contributed by atoms with Crippen LogP contribution in [0.2, 0.25) is 0 Å². The first-order valence-electron chi connectivity index (χ1n) is 3.62. The summed E-state index contributed by atoms with van der Waals surface area (Å²) >= 11 is 4.89. The van der Waals surface area contributed by atoms with E-state index < -0.39 is 0 Å². The van der Waals surface area contributed by atoms with Crippen molar-refractivity contribution in [1.29, 1.82) is 0 Å². The Balaban J connectivity index is 2.24. The standard InChI is InChI=1S/C7H7BrN4S/c8-5-3-11-12(7(5)9)4-6-10-1-2-13-6/h1-3H,4,9H2. The maximum Gasteiger partial charge on any atom is 0.136 e. The van der Waals surface area contributed by atoms with Crippen LogP contribution in [0.3, 0.4) is 0 Å². The smallest absolute Gasteiger partial charge is 0.136 e. The van der Waals surface area contributed by atoms with E-state index in [1.807, 2.05) is 5.38 Å². The van der Waals surface area contributed by atoms with Crippen LogP contribution in [0.15, 0.2) is 22.2 Å². The highest BCUT2D eigenvalue weighted by Gasteiger charge is 2.05. The Bertz CT molecular complexity index is 395. The van der Waals surface area contributed by atoms with Crippen LogP contribution >= 0.6 is 27.3 Å². The fraction of sp³-hybridized carbons (Fsp3) is 0.143. The molecule has 0 spiro atoms. The van der Waals surface area contributed by atoms with Crippen LogP contribution in [-0.2, 0) is 6.54 Å². The summed E-state index contributed by atoms with van der Waals surface area (Å²) in [4.78, 5) is 4.15. The van der Waals surface area contributed by atoms with Gasteiger partial charge in [0.05, 0.1) is 17.2 Å². The van der Waals surface area contributed by atoms with E-state index in [1.165, 1.54) is 0 Å². The molecule has 0 aromatic carbocycles. The van der Waals surface area contributed by atoms with E-state index in [0.29, 0.717) is 12.4 Å². The molecule has 0 amide bonds. The molecule has 0 aliphatic carbocycles. The van der Waals surface area contributed by atoms with Gasteiger partial charge in [-0.05, 0) is 15.9 Å². The van der Waals surface area contributed by atoms with Crippen LogP contribution in [0.25, 0.3) is 0 Å². The molecule has 0 saturated heterocycles. The van der Waals surface area contributed by atoms with Crippen molar-refractivity contribution in [1.82, 2.24) is 14.8 Å². The van der Waals surface area contributed by atoms with Gasteiger partial charge in [0, 0.05) is 11.6 Å². The van der Waals surface area contributed by atoms with Gasteiger partial charge in [-0.1, -0.05) is 0 Å². The SMILES string of the molecule is Nc1c(Br)cnn1Cc1nccs1. The number of nitrogen functional groups attached to an aromatic ring is 1. The molecular formula is C7H7BrN4S. The average Bonchev–Trinajstić information content (AvgIpc) is 2.71. The van der Waals surface area contributed by atoms with E-state index in [2.05, 4.69) is 26.0 Å². The molecule has 13 heavy (non-hydrogen) atoms. The molecule has 2 aromatic heterocycles. The highest BCUT2D eigenvalue weighted by molar-refractivity contribution is 9.10. The predicted molar refractivity (Wildman–Crippen MR) is 55.6 cm³/mol. The zero-order valence-electron chi connectivity index (χ0n) is 6.64. The monoisotopic (exact) mass is 258 g/mol. The number of anilines is 1. The summed E-state index contributed by atoms with van der Waals surface area (Å²) in [7, 11) is 0. The van der Waals surface area contributed by atoms with Gasteiger partial charge in [0.2, 0.25) is 0 Å². The van der Waals surface area contributed by atoms with Crippen LogP contribution in [0, 0.1) is 0 Å². The Morgan fingerprint density at radius 1 is 1.62 bits per heavy atom. The molecule has 0 unspecified atom stereocenters. The third-order valence-corrected chi connectivity index (χ3v) is 2.98. The van der Waals surface area contributed by atoms with E-state index in [-0.39, 0.29) is 0 Å². The third kappa shape index (κ3) is 1.73. The lowest BCUT2D eigenvalue weighted by Gasteiger charge is -1.99. The second kappa shape index (κ2) is 3.47. The minimum absolute atomic E-state index is 0.634. The number of rotatable bonds is 2. The van der Waals surface area contributed by atoms with Gasteiger partial charge < -0.3 is 5.73 Å². The van der Waals surface area contributed by atoms with E-state index in [4.69, 9.17) is 5.73 Å². The minimum atomic E-state index is 0.634. The Morgan fingerprint density at radius 2 is 2.46 bits per heavy atom. The van der Waals surface area contributed by atoms with E-state index in [9.17, 15) is 0 Å². The molecule has 0 radical (unpaired) electrons. The summed E-state index contributed by atoms with van der Waals surface area (Å²) in [6.45, 7) is 0.634. The van der Waals surface area contributed by atoms with Crippen molar-refractivity contribution in [3.8, 4) is 0 Å². The lowest BCUT2D eigenvalue weighted by Crippen LogP contribution is -2.05. The molecule has 2 aromatic rings. The maximum absolute atomic E-state index is 5.75. The fourth-order valence-electron chi connectivity index (χ4n) is 0.957. The van der Waals surface area contributed by atoms with Gasteiger partial charge in [-0.25, -0.2) is 9.67 Å². The molecule has 2 rings (SSSR count). The van der Waals surface area contributed by atoms with Crippen molar-refractivity contribution in [3.05, 3.63) is 27.3 Å². The summed E-state index contributed by atoms with van der Waals surface area (Å²) in [5.41, 5.74) is 5.75. The van der Waals surface area contributed by atoms with E-state index >= 15 is 0 Å². The van der Waals surface area contributed by atoms with E-state index in [0.717, 1.165) is 9.48 Å². The molecule has 68 valence electrons.